The zero-order chi connectivity index (χ0) is 17.9. The molecule has 1 saturated carbocycles. The molecule has 0 aromatic heterocycles. The maximum atomic E-state index is 13.8. The van der Waals surface area contributed by atoms with Crippen LogP contribution in [0.25, 0.3) is 0 Å². The summed E-state index contributed by atoms with van der Waals surface area (Å²) in [6.45, 7) is 7.22. The summed E-state index contributed by atoms with van der Waals surface area (Å²) in [4.78, 5) is 23.8. The van der Waals surface area contributed by atoms with Crippen molar-refractivity contribution in [3.63, 3.8) is 0 Å². The number of ether oxygens (including phenoxy) is 2. The zero-order valence-electron chi connectivity index (χ0n) is 14.4. The van der Waals surface area contributed by atoms with E-state index in [2.05, 4.69) is 4.74 Å². The highest BCUT2D eigenvalue weighted by atomic mass is 19.1. The van der Waals surface area contributed by atoms with Crippen molar-refractivity contribution >= 4 is 11.9 Å². The molecule has 2 rings (SSSR count). The largest absolute Gasteiger partial charge is 0.461 e. The van der Waals surface area contributed by atoms with Crippen LogP contribution in [-0.2, 0) is 19.1 Å². The van der Waals surface area contributed by atoms with Crippen LogP contribution in [0.15, 0.2) is 42.2 Å². The molecule has 0 bridgehead atoms. The Bertz CT molecular complexity index is 636. The number of allylic oxidation sites excluding steroid dienone is 1. The predicted molar refractivity (Wildman–Crippen MR) is 87.5 cm³/mol. The maximum Gasteiger partial charge on any atom is 0.366 e. The Kier molecular flexibility index (Phi) is 5.42. The van der Waals surface area contributed by atoms with Gasteiger partial charge in [-0.15, -0.1) is 0 Å². The number of hydrogen-bond donors (Lipinski definition) is 0. The van der Waals surface area contributed by atoms with E-state index in [1.807, 2.05) is 44.2 Å². The molecule has 0 heterocycles. The molecule has 4 nitrogen and oxygen atoms in total. The van der Waals surface area contributed by atoms with Gasteiger partial charge in [0.25, 0.3) is 0 Å². The first-order chi connectivity index (χ1) is 11.3. The smallest absolute Gasteiger partial charge is 0.366 e. The van der Waals surface area contributed by atoms with Gasteiger partial charge < -0.3 is 9.47 Å². The highest BCUT2D eigenvalue weighted by Crippen LogP contribution is 2.60. The van der Waals surface area contributed by atoms with Crippen molar-refractivity contribution in [1.82, 2.24) is 0 Å². The average Bonchev–Trinajstić information content (AvgIpc) is 3.08. The van der Waals surface area contributed by atoms with Gasteiger partial charge in [0.05, 0.1) is 12.5 Å². The van der Waals surface area contributed by atoms with Crippen molar-refractivity contribution in [1.29, 1.82) is 0 Å². The molecule has 130 valence electrons. The van der Waals surface area contributed by atoms with Crippen molar-refractivity contribution in [3.05, 3.63) is 47.8 Å². The first kappa shape index (κ1) is 18.2. The van der Waals surface area contributed by atoms with Crippen molar-refractivity contribution < 1.29 is 23.5 Å². The monoisotopic (exact) mass is 334 g/mol. The normalized spacial score (nSPS) is 23.3. The second-order valence-corrected chi connectivity index (χ2v) is 6.55. The molecule has 0 saturated heterocycles. The molecule has 0 N–H and O–H groups in total. The number of carbonyl (C=O) groups excluding carboxylic acids is 2. The molecule has 3 atom stereocenters. The summed E-state index contributed by atoms with van der Waals surface area (Å²) in [5.74, 6) is -3.18. The van der Waals surface area contributed by atoms with E-state index in [0.717, 1.165) is 5.56 Å². The summed E-state index contributed by atoms with van der Waals surface area (Å²) < 4.78 is 23.9. The second-order valence-electron chi connectivity index (χ2n) is 6.55. The van der Waals surface area contributed by atoms with E-state index >= 15 is 0 Å². The van der Waals surface area contributed by atoms with Gasteiger partial charge >= 0.3 is 11.9 Å². The van der Waals surface area contributed by atoms with Crippen LogP contribution in [0.5, 0.6) is 0 Å². The number of rotatable bonds is 6. The highest BCUT2D eigenvalue weighted by molar-refractivity contribution is 5.86. The molecule has 0 aliphatic heterocycles. The van der Waals surface area contributed by atoms with E-state index in [1.54, 1.807) is 13.8 Å². The molecule has 24 heavy (non-hydrogen) atoms. The van der Waals surface area contributed by atoms with Crippen LogP contribution >= 0.6 is 0 Å². The second kappa shape index (κ2) is 7.16. The van der Waals surface area contributed by atoms with Crippen LogP contribution in [-0.4, -0.2) is 18.5 Å². The van der Waals surface area contributed by atoms with Gasteiger partial charge in [-0.05, 0) is 36.8 Å². The van der Waals surface area contributed by atoms with Crippen LogP contribution in [0, 0.1) is 17.3 Å². The van der Waals surface area contributed by atoms with Crippen molar-refractivity contribution in [3.8, 4) is 0 Å². The Hall–Kier alpha value is -2.17. The topological polar surface area (TPSA) is 52.6 Å². The van der Waals surface area contributed by atoms with Gasteiger partial charge in [-0.25, -0.2) is 4.79 Å². The number of carbonyl (C=O) groups is 2. The van der Waals surface area contributed by atoms with Crippen molar-refractivity contribution in [2.75, 3.05) is 6.61 Å². The zero-order valence-corrected chi connectivity index (χ0v) is 14.4. The lowest BCUT2D eigenvalue weighted by Crippen LogP contribution is -2.13. The van der Waals surface area contributed by atoms with Gasteiger partial charge in [-0.2, -0.15) is 4.39 Å². The summed E-state index contributed by atoms with van der Waals surface area (Å²) in [5, 5.41) is 0. The van der Waals surface area contributed by atoms with Crippen molar-refractivity contribution in [2.24, 2.45) is 17.3 Å². The SMILES string of the molecule is CCOC(=O)C(F)=C[C@H]1[C@@H](C(=O)OC(C)c2ccccc2)C1(C)C. The van der Waals surface area contributed by atoms with E-state index in [0.29, 0.717) is 0 Å². The molecule has 5 heteroatoms. The summed E-state index contributed by atoms with van der Waals surface area (Å²) in [5.41, 5.74) is 0.450. The Morgan fingerprint density at radius 3 is 2.50 bits per heavy atom. The summed E-state index contributed by atoms with van der Waals surface area (Å²) in [6, 6.07) is 9.41. The van der Waals surface area contributed by atoms with Gasteiger partial charge in [-0.3, -0.25) is 4.79 Å². The Balaban J connectivity index is 2.02. The van der Waals surface area contributed by atoms with Gasteiger partial charge in [0, 0.05) is 0 Å². The Labute approximate surface area is 141 Å². The number of benzene rings is 1. The fourth-order valence-electron chi connectivity index (χ4n) is 2.90. The summed E-state index contributed by atoms with van der Waals surface area (Å²) >= 11 is 0. The van der Waals surface area contributed by atoms with Crippen LogP contribution in [0.4, 0.5) is 4.39 Å². The molecule has 0 amide bonds. The van der Waals surface area contributed by atoms with Crippen LogP contribution < -0.4 is 0 Å². The summed E-state index contributed by atoms with van der Waals surface area (Å²) in [6.07, 6.45) is 0.798. The molecule has 1 fully saturated rings. The van der Waals surface area contributed by atoms with Crippen molar-refractivity contribution in [2.45, 2.75) is 33.8 Å². The molecule has 0 radical (unpaired) electrons. The Morgan fingerprint density at radius 1 is 1.29 bits per heavy atom. The summed E-state index contributed by atoms with van der Waals surface area (Å²) in [7, 11) is 0. The average molecular weight is 334 g/mol. The molecular formula is C19H23FO4. The van der Waals surface area contributed by atoms with Crippen LogP contribution in [0.2, 0.25) is 0 Å². The van der Waals surface area contributed by atoms with E-state index < -0.39 is 23.1 Å². The molecule has 1 aliphatic carbocycles. The molecular weight excluding hydrogens is 311 g/mol. The highest BCUT2D eigenvalue weighted by Gasteiger charge is 2.62. The van der Waals surface area contributed by atoms with E-state index in [4.69, 9.17) is 4.74 Å². The van der Waals surface area contributed by atoms with E-state index in [-0.39, 0.29) is 24.6 Å². The standard InChI is InChI=1S/C19H23FO4/c1-5-23-17(21)15(20)11-14-16(19(14,3)4)18(22)24-12(2)13-9-7-6-8-10-13/h6-12,14,16H,5H2,1-4H3/t12?,14-,16-/m0/s1. The fourth-order valence-corrected chi connectivity index (χ4v) is 2.90. The first-order valence-corrected chi connectivity index (χ1v) is 8.09. The van der Waals surface area contributed by atoms with Gasteiger partial charge in [0.2, 0.25) is 5.83 Å². The molecule has 1 unspecified atom stereocenters. The first-order valence-electron chi connectivity index (χ1n) is 8.09. The van der Waals surface area contributed by atoms with E-state index in [9.17, 15) is 14.0 Å². The van der Waals surface area contributed by atoms with Gasteiger partial charge in [0.1, 0.15) is 6.10 Å². The molecule has 0 spiro atoms. The molecule has 1 aromatic rings. The minimum absolute atomic E-state index is 0.105. The number of halogens is 1. The molecule has 1 aromatic carbocycles. The molecule has 1 aliphatic rings. The minimum atomic E-state index is -0.995. The van der Waals surface area contributed by atoms with E-state index in [1.165, 1.54) is 6.08 Å². The minimum Gasteiger partial charge on any atom is -0.461 e. The van der Waals surface area contributed by atoms with Crippen LogP contribution in [0.1, 0.15) is 39.4 Å². The lowest BCUT2D eigenvalue weighted by atomic mass is 10.1. The lowest BCUT2D eigenvalue weighted by Gasteiger charge is -2.14. The quantitative estimate of drug-likeness (QED) is 0.583. The Morgan fingerprint density at radius 2 is 1.92 bits per heavy atom. The lowest BCUT2D eigenvalue weighted by molar-refractivity contribution is -0.151. The third-order valence-electron chi connectivity index (χ3n) is 4.52. The predicted octanol–water partition coefficient (Wildman–Crippen LogP) is 3.98. The van der Waals surface area contributed by atoms with Crippen LogP contribution in [0.3, 0.4) is 0 Å². The number of hydrogen-bond acceptors (Lipinski definition) is 4. The van der Waals surface area contributed by atoms with Gasteiger partial charge in [0.15, 0.2) is 0 Å². The third-order valence-corrected chi connectivity index (χ3v) is 4.52. The fraction of sp³-hybridized carbons (Fsp3) is 0.474. The maximum absolute atomic E-state index is 13.8. The number of esters is 2. The third kappa shape index (κ3) is 3.83. The van der Waals surface area contributed by atoms with Gasteiger partial charge in [-0.1, -0.05) is 44.2 Å².